The summed E-state index contributed by atoms with van der Waals surface area (Å²) in [6.45, 7) is 11.0. The van der Waals surface area contributed by atoms with Crippen LogP contribution in [0.2, 0.25) is 0 Å². The zero-order chi connectivity index (χ0) is 33.2. The molecule has 0 aliphatic heterocycles. The summed E-state index contributed by atoms with van der Waals surface area (Å²) in [6, 6.07) is 49.6. The normalized spacial score (nSPS) is 17.3. The summed E-state index contributed by atoms with van der Waals surface area (Å²) in [7, 11) is 0. The molecular formula is C48H44. The minimum Gasteiger partial charge on any atom is -0.0814 e. The summed E-state index contributed by atoms with van der Waals surface area (Å²) in [6.07, 6.45) is 9.20. The van der Waals surface area contributed by atoms with E-state index in [1.165, 1.54) is 76.8 Å². The number of aryl methyl sites for hydroxylation is 1. The quantitative estimate of drug-likeness (QED) is 0.172. The van der Waals surface area contributed by atoms with Gasteiger partial charge in [-0.2, -0.15) is 0 Å². The molecule has 236 valence electrons. The average Bonchev–Trinajstić information content (AvgIpc) is 3.31. The van der Waals surface area contributed by atoms with Crippen LogP contribution < -0.4 is 0 Å². The zero-order valence-corrected chi connectivity index (χ0v) is 28.7. The van der Waals surface area contributed by atoms with Gasteiger partial charge in [0.15, 0.2) is 0 Å². The van der Waals surface area contributed by atoms with E-state index in [4.69, 9.17) is 0 Å². The summed E-state index contributed by atoms with van der Waals surface area (Å²) >= 11 is 0. The lowest BCUT2D eigenvalue weighted by Crippen LogP contribution is -2.14. The fraction of sp³-hybridized carbons (Fsp3) is 0.167. The molecule has 0 spiro atoms. The Morgan fingerprint density at radius 2 is 1.00 bits per heavy atom. The minimum atomic E-state index is 0.371. The molecule has 0 aromatic heterocycles. The SMILES string of the molecule is CC.Cc1ccc(-c2c3ccccc3c(-c3ccccc3-c3ccc4ccccc4c3)c3ccccc23)cc1C1C=CC=CC(C)C1C. The highest BCUT2D eigenvalue weighted by Crippen LogP contribution is 2.47. The molecule has 48 heavy (non-hydrogen) atoms. The van der Waals surface area contributed by atoms with Crippen LogP contribution in [0, 0.1) is 18.8 Å². The lowest BCUT2D eigenvalue weighted by Gasteiger charge is -2.26. The van der Waals surface area contributed by atoms with Gasteiger partial charge in [0, 0.05) is 5.92 Å². The molecule has 8 rings (SSSR count). The molecule has 0 bridgehead atoms. The highest BCUT2D eigenvalue weighted by Gasteiger charge is 2.25. The second-order valence-corrected chi connectivity index (χ2v) is 13.0. The van der Waals surface area contributed by atoms with Crippen LogP contribution in [0.1, 0.15) is 44.7 Å². The van der Waals surface area contributed by atoms with Crippen molar-refractivity contribution in [2.24, 2.45) is 11.8 Å². The molecule has 1 aliphatic carbocycles. The first-order chi connectivity index (χ1) is 23.6. The van der Waals surface area contributed by atoms with E-state index in [2.05, 4.69) is 179 Å². The van der Waals surface area contributed by atoms with Crippen molar-refractivity contribution in [1.29, 1.82) is 0 Å². The third kappa shape index (κ3) is 5.56. The van der Waals surface area contributed by atoms with E-state index in [1.807, 2.05) is 13.8 Å². The molecule has 0 heterocycles. The first-order valence-electron chi connectivity index (χ1n) is 17.6. The molecule has 0 radical (unpaired) electrons. The van der Waals surface area contributed by atoms with Crippen LogP contribution in [0.25, 0.3) is 65.7 Å². The van der Waals surface area contributed by atoms with Gasteiger partial charge in [0.1, 0.15) is 0 Å². The maximum absolute atomic E-state index is 2.48. The molecule has 0 amide bonds. The third-order valence-electron chi connectivity index (χ3n) is 10.4. The van der Waals surface area contributed by atoms with Gasteiger partial charge >= 0.3 is 0 Å². The van der Waals surface area contributed by atoms with E-state index in [0.29, 0.717) is 17.8 Å². The number of benzene rings is 7. The number of fused-ring (bicyclic) bond motifs is 3. The van der Waals surface area contributed by atoms with Crippen LogP contribution in [-0.4, -0.2) is 0 Å². The summed E-state index contributed by atoms with van der Waals surface area (Å²) in [5.74, 6) is 1.41. The first-order valence-corrected chi connectivity index (χ1v) is 17.6. The van der Waals surface area contributed by atoms with Gasteiger partial charge in [0.25, 0.3) is 0 Å². The van der Waals surface area contributed by atoms with E-state index in [0.717, 1.165) is 0 Å². The lowest BCUT2D eigenvalue weighted by molar-refractivity contribution is 0.421. The molecule has 0 N–H and O–H groups in total. The predicted molar refractivity (Wildman–Crippen MR) is 211 cm³/mol. The van der Waals surface area contributed by atoms with Gasteiger partial charge in [0.2, 0.25) is 0 Å². The third-order valence-corrected chi connectivity index (χ3v) is 10.4. The van der Waals surface area contributed by atoms with Crippen molar-refractivity contribution in [3.05, 3.63) is 169 Å². The van der Waals surface area contributed by atoms with E-state index < -0.39 is 0 Å². The monoisotopic (exact) mass is 620 g/mol. The van der Waals surface area contributed by atoms with Crippen LogP contribution in [0.3, 0.4) is 0 Å². The maximum atomic E-state index is 2.48. The zero-order valence-electron chi connectivity index (χ0n) is 28.7. The van der Waals surface area contributed by atoms with E-state index in [1.54, 1.807) is 0 Å². The molecule has 0 saturated carbocycles. The maximum Gasteiger partial charge on any atom is 0.00550 e. The van der Waals surface area contributed by atoms with Crippen molar-refractivity contribution in [1.82, 2.24) is 0 Å². The van der Waals surface area contributed by atoms with Gasteiger partial charge < -0.3 is 0 Å². The Hall–Kier alpha value is -5.20. The smallest absolute Gasteiger partial charge is 0.00550 e. The van der Waals surface area contributed by atoms with Gasteiger partial charge in [-0.15, -0.1) is 0 Å². The van der Waals surface area contributed by atoms with Gasteiger partial charge in [-0.05, 0) is 102 Å². The molecule has 3 atom stereocenters. The molecule has 7 aromatic carbocycles. The Labute approximate surface area is 286 Å². The molecule has 7 aromatic rings. The first kappa shape index (κ1) is 31.4. The highest BCUT2D eigenvalue weighted by atomic mass is 14.3. The van der Waals surface area contributed by atoms with Crippen molar-refractivity contribution in [2.45, 2.75) is 40.5 Å². The molecule has 3 unspecified atom stereocenters. The van der Waals surface area contributed by atoms with Crippen LogP contribution >= 0.6 is 0 Å². The molecule has 0 nitrogen and oxygen atoms in total. The van der Waals surface area contributed by atoms with Crippen LogP contribution in [0.4, 0.5) is 0 Å². The number of allylic oxidation sites excluding steroid dienone is 4. The Kier molecular flexibility index (Phi) is 8.83. The van der Waals surface area contributed by atoms with Crippen molar-refractivity contribution in [2.75, 3.05) is 0 Å². The topological polar surface area (TPSA) is 0 Å². The second kappa shape index (κ2) is 13.5. The van der Waals surface area contributed by atoms with Gasteiger partial charge in [-0.25, -0.2) is 0 Å². The molecule has 0 heteroatoms. The molecule has 1 aliphatic rings. The summed E-state index contributed by atoms with van der Waals surface area (Å²) in [5, 5.41) is 7.68. The van der Waals surface area contributed by atoms with Crippen molar-refractivity contribution in [3.63, 3.8) is 0 Å². The fourth-order valence-electron chi connectivity index (χ4n) is 7.68. The average molecular weight is 621 g/mol. The van der Waals surface area contributed by atoms with E-state index >= 15 is 0 Å². The molecule has 0 fully saturated rings. The van der Waals surface area contributed by atoms with Crippen LogP contribution in [0.5, 0.6) is 0 Å². The lowest BCUT2D eigenvalue weighted by atomic mass is 9.77. The largest absolute Gasteiger partial charge is 0.0814 e. The van der Waals surface area contributed by atoms with Gasteiger partial charge in [-0.1, -0.05) is 179 Å². The Balaban J connectivity index is 0.00000179. The van der Waals surface area contributed by atoms with E-state index in [-0.39, 0.29) is 0 Å². The summed E-state index contributed by atoms with van der Waals surface area (Å²) in [4.78, 5) is 0. The van der Waals surface area contributed by atoms with Crippen molar-refractivity contribution < 1.29 is 0 Å². The number of rotatable bonds is 4. The number of hydrogen-bond acceptors (Lipinski definition) is 0. The summed E-state index contributed by atoms with van der Waals surface area (Å²) in [5.41, 5.74) is 10.4. The number of hydrogen-bond donors (Lipinski definition) is 0. The van der Waals surface area contributed by atoms with Gasteiger partial charge in [0.05, 0.1) is 0 Å². The Bertz CT molecular complexity index is 2260. The minimum absolute atomic E-state index is 0.371. The second-order valence-electron chi connectivity index (χ2n) is 13.0. The van der Waals surface area contributed by atoms with E-state index in [9.17, 15) is 0 Å². The summed E-state index contributed by atoms with van der Waals surface area (Å²) < 4.78 is 0. The molecule has 0 saturated heterocycles. The van der Waals surface area contributed by atoms with Crippen LogP contribution in [-0.2, 0) is 0 Å². The Morgan fingerprint density at radius 1 is 0.458 bits per heavy atom. The molecular weight excluding hydrogens is 577 g/mol. The predicted octanol–water partition coefficient (Wildman–Crippen LogP) is 14.0. The van der Waals surface area contributed by atoms with Crippen molar-refractivity contribution in [3.8, 4) is 33.4 Å². The Morgan fingerprint density at radius 3 is 1.69 bits per heavy atom. The van der Waals surface area contributed by atoms with Crippen LogP contribution in [0.15, 0.2) is 158 Å². The van der Waals surface area contributed by atoms with Gasteiger partial charge in [-0.3, -0.25) is 0 Å². The van der Waals surface area contributed by atoms with Crippen molar-refractivity contribution >= 4 is 32.3 Å². The fourth-order valence-corrected chi connectivity index (χ4v) is 7.68. The standard InChI is InChI=1S/C46H38.C2H6/c1-30-14-4-7-17-37(32(30)3)44-29-36(25-24-31(44)2)45-40-20-10-12-22-42(40)46(43-23-13-11-21-41(43)45)39-19-9-8-18-38(39)35-27-26-33-15-5-6-16-34(33)28-35;1-2/h4-30,32,37H,1-3H3;1-2H3. The highest BCUT2D eigenvalue weighted by molar-refractivity contribution is 6.22.